The number of carbonyl (C=O) groups excluding carboxylic acids is 1. The molecular formula is C14H15BrN4O. The molecule has 0 bridgehead atoms. The lowest BCUT2D eigenvalue weighted by Crippen LogP contribution is -2.15. The Balaban J connectivity index is 2.22. The van der Waals surface area contributed by atoms with Gasteiger partial charge in [-0.2, -0.15) is 0 Å². The summed E-state index contributed by atoms with van der Waals surface area (Å²) >= 11 is 3.33. The van der Waals surface area contributed by atoms with Crippen molar-refractivity contribution in [2.75, 3.05) is 30.0 Å². The third kappa shape index (κ3) is 3.08. The molecule has 1 heterocycles. The van der Waals surface area contributed by atoms with Gasteiger partial charge in [0.1, 0.15) is 0 Å². The number of amides is 1. The Bertz CT molecular complexity index is 643. The number of nitrogens with zero attached hydrogens (tertiary/aromatic N) is 2. The summed E-state index contributed by atoms with van der Waals surface area (Å²) in [5.74, 6) is -0.214. The van der Waals surface area contributed by atoms with E-state index in [1.54, 1.807) is 30.6 Å². The molecule has 1 aromatic heterocycles. The summed E-state index contributed by atoms with van der Waals surface area (Å²) in [4.78, 5) is 18.0. The van der Waals surface area contributed by atoms with Gasteiger partial charge in [0.2, 0.25) is 0 Å². The predicted octanol–water partition coefficient (Wildman–Crippen LogP) is 2.74. The van der Waals surface area contributed by atoms with Gasteiger partial charge in [-0.25, -0.2) is 0 Å². The lowest BCUT2D eigenvalue weighted by atomic mass is 10.1. The van der Waals surface area contributed by atoms with Crippen molar-refractivity contribution < 1.29 is 4.79 Å². The number of rotatable bonds is 3. The molecule has 0 aliphatic heterocycles. The Morgan fingerprint density at radius 2 is 2.10 bits per heavy atom. The van der Waals surface area contributed by atoms with Crippen molar-refractivity contribution in [3.05, 3.63) is 46.7 Å². The van der Waals surface area contributed by atoms with Crippen molar-refractivity contribution in [2.45, 2.75) is 0 Å². The molecule has 104 valence electrons. The van der Waals surface area contributed by atoms with Crippen LogP contribution in [0, 0.1) is 0 Å². The first-order valence-electron chi connectivity index (χ1n) is 5.96. The lowest BCUT2D eigenvalue weighted by Gasteiger charge is -2.16. The fourth-order valence-corrected chi connectivity index (χ4v) is 2.12. The quantitative estimate of drug-likeness (QED) is 0.846. The van der Waals surface area contributed by atoms with Gasteiger partial charge in [-0.1, -0.05) is 0 Å². The van der Waals surface area contributed by atoms with E-state index in [1.165, 1.54) is 0 Å². The maximum Gasteiger partial charge on any atom is 0.255 e. The van der Waals surface area contributed by atoms with Gasteiger partial charge in [0.25, 0.3) is 5.91 Å². The van der Waals surface area contributed by atoms with Gasteiger partial charge in [0.05, 0.1) is 21.5 Å². The van der Waals surface area contributed by atoms with E-state index in [2.05, 4.69) is 26.2 Å². The van der Waals surface area contributed by atoms with Crippen molar-refractivity contribution in [2.24, 2.45) is 0 Å². The highest BCUT2D eigenvalue weighted by atomic mass is 79.9. The highest BCUT2D eigenvalue weighted by Crippen LogP contribution is 2.24. The first-order valence-corrected chi connectivity index (χ1v) is 6.76. The molecule has 1 aromatic carbocycles. The highest BCUT2D eigenvalue weighted by Gasteiger charge is 2.10. The summed E-state index contributed by atoms with van der Waals surface area (Å²) < 4.78 is 0.728. The van der Waals surface area contributed by atoms with E-state index in [0.717, 1.165) is 10.2 Å². The minimum atomic E-state index is -0.214. The largest absolute Gasteiger partial charge is 0.397 e. The molecular weight excluding hydrogens is 320 g/mol. The summed E-state index contributed by atoms with van der Waals surface area (Å²) in [5, 5.41) is 2.81. The van der Waals surface area contributed by atoms with E-state index in [0.29, 0.717) is 16.9 Å². The van der Waals surface area contributed by atoms with Crippen LogP contribution in [0.2, 0.25) is 0 Å². The third-order valence-corrected chi connectivity index (χ3v) is 3.42. The van der Waals surface area contributed by atoms with Crippen LogP contribution >= 0.6 is 15.9 Å². The summed E-state index contributed by atoms with van der Waals surface area (Å²) in [6, 6.07) is 6.96. The van der Waals surface area contributed by atoms with Gasteiger partial charge in [0, 0.05) is 32.1 Å². The maximum atomic E-state index is 12.2. The van der Waals surface area contributed by atoms with Crippen LogP contribution in [0.1, 0.15) is 10.4 Å². The number of aromatic nitrogens is 1. The van der Waals surface area contributed by atoms with Crippen LogP contribution in [0.5, 0.6) is 0 Å². The molecule has 6 heteroatoms. The van der Waals surface area contributed by atoms with Gasteiger partial charge >= 0.3 is 0 Å². The normalized spacial score (nSPS) is 10.2. The molecule has 0 aliphatic rings. The van der Waals surface area contributed by atoms with E-state index in [9.17, 15) is 4.79 Å². The standard InChI is InChI=1S/C14H15BrN4O/c1-19(2)13-4-3-9(7-11(13)16)14(20)18-12-5-6-17-8-10(12)15/h3-8H,16H2,1-2H3,(H,17,18,20). The lowest BCUT2D eigenvalue weighted by molar-refractivity contribution is 0.102. The summed E-state index contributed by atoms with van der Waals surface area (Å²) in [6.07, 6.45) is 3.24. The van der Waals surface area contributed by atoms with Crippen molar-refractivity contribution in [3.63, 3.8) is 0 Å². The summed E-state index contributed by atoms with van der Waals surface area (Å²) in [6.45, 7) is 0. The number of anilines is 3. The Kier molecular flexibility index (Phi) is 4.24. The molecule has 0 spiro atoms. The third-order valence-electron chi connectivity index (χ3n) is 2.79. The van der Waals surface area contributed by atoms with E-state index in [-0.39, 0.29) is 5.91 Å². The molecule has 0 fully saturated rings. The monoisotopic (exact) mass is 334 g/mol. The summed E-state index contributed by atoms with van der Waals surface area (Å²) in [5.41, 5.74) is 8.57. The molecule has 3 N–H and O–H groups in total. The molecule has 0 saturated heterocycles. The average Bonchev–Trinajstić information content (AvgIpc) is 2.40. The van der Waals surface area contributed by atoms with E-state index < -0.39 is 0 Å². The zero-order valence-corrected chi connectivity index (χ0v) is 12.8. The van der Waals surface area contributed by atoms with Crippen LogP contribution < -0.4 is 16.0 Å². The number of pyridine rings is 1. The molecule has 20 heavy (non-hydrogen) atoms. The molecule has 2 rings (SSSR count). The van der Waals surface area contributed by atoms with Crippen LogP contribution in [-0.2, 0) is 0 Å². The van der Waals surface area contributed by atoms with Crippen molar-refractivity contribution >= 4 is 38.9 Å². The van der Waals surface area contributed by atoms with Crippen molar-refractivity contribution in [1.82, 2.24) is 4.98 Å². The second-order valence-electron chi connectivity index (χ2n) is 4.48. The zero-order valence-electron chi connectivity index (χ0n) is 11.2. The number of carbonyl (C=O) groups is 1. The SMILES string of the molecule is CN(C)c1ccc(C(=O)Nc2ccncc2Br)cc1N. The maximum absolute atomic E-state index is 12.2. The molecule has 0 radical (unpaired) electrons. The van der Waals surface area contributed by atoms with Gasteiger partial charge in [-0.3, -0.25) is 9.78 Å². The van der Waals surface area contributed by atoms with Crippen LogP contribution in [0.4, 0.5) is 17.1 Å². The molecule has 0 unspecified atom stereocenters. The number of nitrogen functional groups attached to an aromatic ring is 1. The Morgan fingerprint density at radius 1 is 1.35 bits per heavy atom. The first kappa shape index (κ1) is 14.3. The fraction of sp³-hybridized carbons (Fsp3) is 0.143. The molecule has 0 saturated carbocycles. The van der Waals surface area contributed by atoms with Gasteiger partial charge < -0.3 is 16.0 Å². The van der Waals surface area contributed by atoms with Gasteiger partial charge in [0.15, 0.2) is 0 Å². The first-order chi connectivity index (χ1) is 9.49. The Hall–Kier alpha value is -2.08. The zero-order chi connectivity index (χ0) is 14.7. The Morgan fingerprint density at radius 3 is 2.70 bits per heavy atom. The van der Waals surface area contributed by atoms with Crippen LogP contribution in [0.25, 0.3) is 0 Å². The minimum Gasteiger partial charge on any atom is -0.397 e. The van der Waals surface area contributed by atoms with Crippen molar-refractivity contribution in [3.8, 4) is 0 Å². The second kappa shape index (κ2) is 5.92. The Labute approximate surface area is 125 Å². The van der Waals surface area contributed by atoms with Crippen LogP contribution in [-0.4, -0.2) is 25.0 Å². The molecule has 1 amide bonds. The number of hydrogen-bond donors (Lipinski definition) is 2. The topological polar surface area (TPSA) is 71.2 Å². The number of nitrogens with two attached hydrogens (primary N) is 1. The van der Waals surface area contributed by atoms with Gasteiger partial charge in [-0.15, -0.1) is 0 Å². The fourth-order valence-electron chi connectivity index (χ4n) is 1.77. The van der Waals surface area contributed by atoms with Gasteiger partial charge in [-0.05, 0) is 40.2 Å². The second-order valence-corrected chi connectivity index (χ2v) is 5.33. The van der Waals surface area contributed by atoms with E-state index >= 15 is 0 Å². The van der Waals surface area contributed by atoms with Crippen LogP contribution in [0.3, 0.4) is 0 Å². The van der Waals surface area contributed by atoms with E-state index in [1.807, 2.05) is 25.1 Å². The van der Waals surface area contributed by atoms with E-state index in [4.69, 9.17) is 5.73 Å². The number of hydrogen-bond acceptors (Lipinski definition) is 4. The highest BCUT2D eigenvalue weighted by molar-refractivity contribution is 9.10. The van der Waals surface area contributed by atoms with Crippen LogP contribution in [0.15, 0.2) is 41.1 Å². The smallest absolute Gasteiger partial charge is 0.255 e. The molecule has 5 nitrogen and oxygen atoms in total. The molecule has 0 aliphatic carbocycles. The predicted molar refractivity (Wildman–Crippen MR) is 85.1 cm³/mol. The minimum absolute atomic E-state index is 0.214. The average molecular weight is 335 g/mol. The number of nitrogens with one attached hydrogen (secondary N) is 1. The van der Waals surface area contributed by atoms with Crippen molar-refractivity contribution in [1.29, 1.82) is 0 Å². The number of benzene rings is 1. The molecule has 0 atom stereocenters. The summed E-state index contributed by atoms with van der Waals surface area (Å²) in [7, 11) is 3.80. The molecule has 2 aromatic rings. The number of halogens is 1.